The molecule has 0 unspecified atom stereocenters. The Morgan fingerprint density at radius 2 is 1.89 bits per heavy atom. The van der Waals surface area contributed by atoms with Crippen LogP contribution in [0.5, 0.6) is 0 Å². The molecule has 1 spiro atoms. The molecular weight excluding hydrogens is 344 g/mol. The number of carbonyl (C=O) groups is 3. The maximum absolute atomic E-state index is 13.0. The first-order valence-corrected chi connectivity index (χ1v) is 9.61. The van der Waals surface area contributed by atoms with Gasteiger partial charge in [0.2, 0.25) is 11.8 Å². The fourth-order valence-electron chi connectivity index (χ4n) is 4.14. The maximum atomic E-state index is 13.0. The van der Waals surface area contributed by atoms with E-state index >= 15 is 0 Å². The van der Waals surface area contributed by atoms with E-state index in [9.17, 15) is 14.4 Å². The van der Waals surface area contributed by atoms with Gasteiger partial charge in [-0.15, -0.1) is 0 Å². The van der Waals surface area contributed by atoms with Crippen LogP contribution in [0.25, 0.3) is 0 Å². The summed E-state index contributed by atoms with van der Waals surface area (Å²) in [6, 6.07) is 3.50. The van der Waals surface area contributed by atoms with Crippen LogP contribution >= 0.6 is 0 Å². The van der Waals surface area contributed by atoms with Crippen molar-refractivity contribution in [2.75, 3.05) is 39.3 Å². The van der Waals surface area contributed by atoms with Gasteiger partial charge in [-0.25, -0.2) is 0 Å². The quantitative estimate of drug-likeness (QED) is 0.801. The van der Waals surface area contributed by atoms with Crippen molar-refractivity contribution in [2.45, 2.75) is 27.2 Å². The van der Waals surface area contributed by atoms with E-state index in [-0.39, 0.29) is 23.6 Å². The van der Waals surface area contributed by atoms with Crippen molar-refractivity contribution in [3.05, 3.63) is 30.1 Å². The molecule has 0 bridgehead atoms. The smallest absolute Gasteiger partial charge is 0.255 e. The molecule has 1 atom stereocenters. The van der Waals surface area contributed by atoms with E-state index in [1.54, 1.807) is 29.4 Å². The minimum Gasteiger partial charge on any atom is -0.342 e. The first-order valence-electron chi connectivity index (χ1n) is 9.61. The molecule has 1 aromatic rings. The van der Waals surface area contributed by atoms with Gasteiger partial charge in [-0.3, -0.25) is 19.4 Å². The lowest BCUT2D eigenvalue weighted by molar-refractivity contribution is -0.135. The molecular formula is C20H28N4O3. The Morgan fingerprint density at radius 3 is 2.48 bits per heavy atom. The third-order valence-electron chi connectivity index (χ3n) is 5.48. The number of rotatable bonds is 3. The monoisotopic (exact) mass is 372 g/mol. The van der Waals surface area contributed by atoms with Crippen LogP contribution in [0.15, 0.2) is 24.5 Å². The zero-order valence-electron chi connectivity index (χ0n) is 16.4. The van der Waals surface area contributed by atoms with E-state index < -0.39 is 5.41 Å². The molecule has 27 heavy (non-hydrogen) atoms. The third-order valence-corrected chi connectivity index (χ3v) is 5.48. The summed E-state index contributed by atoms with van der Waals surface area (Å²) in [6.07, 6.45) is 3.58. The van der Waals surface area contributed by atoms with Gasteiger partial charge in [0.15, 0.2) is 0 Å². The number of carbonyl (C=O) groups excluding carboxylic acids is 3. The highest BCUT2D eigenvalue weighted by molar-refractivity contribution is 5.94. The van der Waals surface area contributed by atoms with Crippen molar-refractivity contribution in [3.8, 4) is 0 Å². The summed E-state index contributed by atoms with van der Waals surface area (Å²) in [5.41, 5.74) is 0.124. The van der Waals surface area contributed by atoms with Crippen molar-refractivity contribution in [1.29, 1.82) is 0 Å². The summed E-state index contributed by atoms with van der Waals surface area (Å²) in [5, 5.41) is 0. The molecule has 146 valence electrons. The fourth-order valence-corrected chi connectivity index (χ4v) is 4.14. The SMILES string of the molecule is CCN1C[C@@]2(CC1=O)CN(C(=O)c1cccnc1)CCN(C(=O)C(C)C)C2. The number of aromatic nitrogens is 1. The average molecular weight is 372 g/mol. The van der Waals surface area contributed by atoms with Gasteiger partial charge in [0.25, 0.3) is 5.91 Å². The predicted octanol–water partition coefficient (Wildman–Crippen LogP) is 1.26. The second-order valence-electron chi connectivity index (χ2n) is 7.97. The molecule has 2 fully saturated rings. The Morgan fingerprint density at radius 1 is 1.19 bits per heavy atom. The van der Waals surface area contributed by atoms with Gasteiger partial charge >= 0.3 is 0 Å². The van der Waals surface area contributed by atoms with Crippen LogP contribution in [-0.2, 0) is 9.59 Å². The molecule has 3 heterocycles. The molecule has 3 amide bonds. The molecule has 0 aromatic carbocycles. The number of pyridine rings is 1. The Labute approximate surface area is 160 Å². The largest absolute Gasteiger partial charge is 0.342 e. The maximum Gasteiger partial charge on any atom is 0.255 e. The molecule has 0 saturated carbocycles. The van der Waals surface area contributed by atoms with Gasteiger partial charge in [0.05, 0.1) is 5.56 Å². The third kappa shape index (κ3) is 3.96. The Bertz CT molecular complexity index is 721. The van der Waals surface area contributed by atoms with Crippen LogP contribution in [0.3, 0.4) is 0 Å². The van der Waals surface area contributed by atoms with Crippen LogP contribution < -0.4 is 0 Å². The van der Waals surface area contributed by atoms with Crippen molar-refractivity contribution >= 4 is 17.7 Å². The number of likely N-dealkylation sites (tertiary alicyclic amines) is 1. The number of hydrogen-bond acceptors (Lipinski definition) is 4. The first-order chi connectivity index (χ1) is 12.8. The van der Waals surface area contributed by atoms with E-state index in [1.165, 1.54) is 0 Å². The van der Waals surface area contributed by atoms with Crippen LogP contribution in [0.1, 0.15) is 37.6 Å². The highest BCUT2D eigenvalue weighted by atomic mass is 16.2. The Hall–Kier alpha value is -2.44. The summed E-state index contributed by atoms with van der Waals surface area (Å²) < 4.78 is 0. The summed E-state index contributed by atoms with van der Waals surface area (Å²) in [6.45, 7) is 8.92. The zero-order valence-corrected chi connectivity index (χ0v) is 16.4. The van der Waals surface area contributed by atoms with E-state index in [4.69, 9.17) is 0 Å². The topological polar surface area (TPSA) is 73.8 Å². The van der Waals surface area contributed by atoms with E-state index in [0.717, 1.165) is 0 Å². The minimum atomic E-state index is -0.411. The minimum absolute atomic E-state index is 0.0763. The van der Waals surface area contributed by atoms with Gasteiger partial charge in [0.1, 0.15) is 0 Å². The molecule has 2 saturated heterocycles. The van der Waals surface area contributed by atoms with Crippen molar-refractivity contribution in [3.63, 3.8) is 0 Å². The highest BCUT2D eigenvalue weighted by Gasteiger charge is 2.47. The number of nitrogens with zero attached hydrogens (tertiary/aromatic N) is 4. The standard InChI is InChI=1S/C20H28N4O3/c1-4-22-12-20(10-17(22)25)13-23(18(26)15(2)3)8-9-24(14-20)19(27)16-6-5-7-21-11-16/h5-7,11,15H,4,8-10,12-14H2,1-3H3/t20-/m1/s1. The zero-order chi connectivity index (χ0) is 19.6. The lowest BCUT2D eigenvalue weighted by Crippen LogP contribution is -2.46. The molecule has 3 rings (SSSR count). The molecule has 0 N–H and O–H groups in total. The Balaban J connectivity index is 1.89. The lowest BCUT2D eigenvalue weighted by Gasteiger charge is -2.34. The van der Waals surface area contributed by atoms with Crippen molar-refractivity contribution in [1.82, 2.24) is 19.7 Å². The summed E-state index contributed by atoms with van der Waals surface area (Å²) in [5.74, 6) is -0.0247. The molecule has 1 aromatic heterocycles. The van der Waals surface area contributed by atoms with Crippen LogP contribution in [0.4, 0.5) is 0 Å². The summed E-state index contributed by atoms with van der Waals surface area (Å²) >= 11 is 0. The molecule has 0 aliphatic carbocycles. The molecule has 0 radical (unpaired) electrons. The Kier molecular flexibility index (Phi) is 5.48. The highest BCUT2D eigenvalue weighted by Crippen LogP contribution is 2.35. The molecule has 7 nitrogen and oxygen atoms in total. The second-order valence-corrected chi connectivity index (χ2v) is 7.97. The van der Waals surface area contributed by atoms with Gasteiger partial charge in [0, 0.05) is 69.4 Å². The van der Waals surface area contributed by atoms with Crippen molar-refractivity contribution in [2.24, 2.45) is 11.3 Å². The van der Waals surface area contributed by atoms with E-state index in [2.05, 4.69) is 4.98 Å². The van der Waals surface area contributed by atoms with Gasteiger partial charge in [-0.05, 0) is 19.1 Å². The average Bonchev–Trinajstić information content (AvgIpc) is 2.86. The van der Waals surface area contributed by atoms with Gasteiger partial charge in [-0.1, -0.05) is 13.8 Å². The van der Waals surface area contributed by atoms with Gasteiger partial charge in [-0.2, -0.15) is 0 Å². The number of hydrogen-bond donors (Lipinski definition) is 0. The summed E-state index contributed by atoms with van der Waals surface area (Å²) in [4.78, 5) is 47.7. The predicted molar refractivity (Wildman–Crippen MR) is 101 cm³/mol. The summed E-state index contributed by atoms with van der Waals surface area (Å²) in [7, 11) is 0. The normalized spacial score (nSPS) is 23.3. The van der Waals surface area contributed by atoms with Crippen LogP contribution in [0.2, 0.25) is 0 Å². The van der Waals surface area contributed by atoms with Crippen LogP contribution in [-0.4, -0.2) is 76.7 Å². The van der Waals surface area contributed by atoms with Crippen molar-refractivity contribution < 1.29 is 14.4 Å². The second kappa shape index (κ2) is 7.66. The van der Waals surface area contributed by atoms with E-state index in [1.807, 2.05) is 30.6 Å². The molecule has 2 aliphatic rings. The molecule has 2 aliphatic heterocycles. The van der Waals surface area contributed by atoms with E-state index in [0.29, 0.717) is 51.3 Å². The first kappa shape index (κ1) is 19.3. The number of amides is 3. The molecule has 7 heteroatoms. The fraction of sp³-hybridized carbons (Fsp3) is 0.600. The van der Waals surface area contributed by atoms with Gasteiger partial charge < -0.3 is 14.7 Å². The van der Waals surface area contributed by atoms with Crippen LogP contribution in [0, 0.1) is 11.3 Å². The lowest BCUT2D eigenvalue weighted by atomic mass is 9.85.